The molecule has 0 fully saturated rings. The quantitative estimate of drug-likeness (QED) is 0.864. The number of carbonyl (C=O) groups excluding carboxylic acids is 1. The Kier molecular flexibility index (Phi) is 5.22. The van der Waals surface area contributed by atoms with Gasteiger partial charge in [-0.25, -0.2) is 0 Å². The molecule has 4 nitrogen and oxygen atoms in total. The van der Waals surface area contributed by atoms with E-state index in [1.165, 1.54) is 7.11 Å². The Hall–Kier alpha value is -1.07. The van der Waals surface area contributed by atoms with Crippen LogP contribution in [0.25, 0.3) is 0 Å². The van der Waals surface area contributed by atoms with E-state index < -0.39 is 0 Å². The number of methoxy groups -OCH3 is 1. The smallest absolute Gasteiger partial charge is 0.306 e. The molecule has 1 aliphatic heterocycles. The normalized spacial score (nSPS) is 18.1. The molecule has 1 heterocycles. The van der Waals surface area contributed by atoms with E-state index in [2.05, 4.69) is 32.0 Å². The third-order valence-electron chi connectivity index (χ3n) is 3.19. The number of nitrogens with one attached hydrogen (secondary N) is 1. The van der Waals surface area contributed by atoms with E-state index in [0.29, 0.717) is 13.0 Å². The molecule has 5 heteroatoms. The standard InChI is InChI=1S/C14H18BrNO3/c1-18-14(17)6-7-16-12-3-2-8-19-13-9-10(15)4-5-11(12)13/h4-5,9,12,16H,2-3,6-8H2,1H3. The summed E-state index contributed by atoms with van der Waals surface area (Å²) in [6.45, 7) is 1.35. The Morgan fingerprint density at radius 3 is 3.21 bits per heavy atom. The van der Waals surface area contributed by atoms with Crippen LogP contribution in [0.5, 0.6) is 5.75 Å². The number of rotatable bonds is 4. The minimum absolute atomic E-state index is 0.187. The van der Waals surface area contributed by atoms with Crippen molar-refractivity contribution in [3.05, 3.63) is 28.2 Å². The fourth-order valence-electron chi connectivity index (χ4n) is 2.21. The van der Waals surface area contributed by atoms with Crippen LogP contribution < -0.4 is 10.1 Å². The predicted octanol–water partition coefficient (Wildman–Crippen LogP) is 2.82. The van der Waals surface area contributed by atoms with Gasteiger partial charge in [0.1, 0.15) is 5.75 Å². The molecule has 0 radical (unpaired) electrons. The highest BCUT2D eigenvalue weighted by Gasteiger charge is 2.19. The van der Waals surface area contributed by atoms with Crippen molar-refractivity contribution in [2.75, 3.05) is 20.3 Å². The van der Waals surface area contributed by atoms with E-state index in [-0.39, 0.29) is 12.0 Å². The van der Waals surface area contributed by atoms with Crippen molar-refractivity contribution < 1.29 is 14.3 Å². The highest BCUT2D eigenvalue weighted by atomic mass is 79.9. The molecule has 1 aromatic carbocycles. The number of carbonyl (C=O) groups is 1. The van der Waals surface area contributed by atoms with Crippen molar-refractivity contribution in [3.63, 3.8) is 0 Å². The number of benzene rings is 1. The lowest BCUT2D eigenvalue weighted by molar-refractivity contribution is -0.140. The van der Waals surface area contributed by atoms with Crippen LogP contribution in [-0.4, -0.2) is 26.2 Å². The topological polar surface area (TPSA) is 47.6 Å². The lowest BCUT2D eigenvalue weighted by atomic mass is 10.0. The first-order chi connectivity index (χ1) is 9.20. The number of esters is 1. The molecule has 1 aromatic rings. The summed E-state index contributed by atoms with van der Waals surface area (Å²) in [5.74, 6) is 0.732. The zero-order valence-electron chi connectivity index (χ0n) is 10.9. The minimum atomic E-state index is -0.187. The second-order valence-corrected chi connectivity index (χ2v) is 5.42. The van der Waals surface area contributed by atoms with Crippen LogP contribution in [-0.2, 0) is 9.53 Å². The molecule has 0 aromatic heterocycles. The summed E-state index contributed by atoms with van der Waals surface area (Å²) in [4.78, 5) is 11.1. The highest BCUT2D eigenvalue weighted by molar-refractivity contribution is 9.10. The van der Waals surface area contributed by atoms with Gasteiger partial charge in [0.15, 0.2) is 0 Å². The Bertz CT molecular complexity index is 450. The summed E-state index contributed by atoms with van der Waals surface area (Å²) in [5, 5.41) is 3.41. The molecule has 19 heavy (non-hydrogen) atoms. The van der Waals surface area contributed by atoms with Crippen LogP contribution >= 0.6 is 15.9 Å². The Morgan fingerprint density at radius 1 is 1.58 bits per heavy atom. The second kappa shape index (κ2) is 6.91. The molecule has 2 rings (SSSR count). The van der Waals surface area contributed by atoms with Crippen molar-refractivity contribution in [1.29, 1.82) is 0 Å². The number of hydrogen-bond acceptors (Lipinski definition) is 4. The molecule has 0 aliphatic carbocycles. The lowest BCUT2D eigenvalue weighted by Gasteiger charge is -2.18. The lowest BCUT2D eigenvalue weighted by Crippen LogP contribution is -2.24. The van der Waals surface area contributed by atoms with Gasteiger partial charge in [-0.15, -0.1) is 0 Å². The van der Waals surface area contributed by atoms with Gasteiger partial charge >= 0.3 is 5.97 Å². The first-order valence-electron chi connectivity index (χ1n) is 6.43. The van der Waals surface area contributed by atoms with Crippen LogP contribution in [0.1, 0.15) is 30.9 Å². The fourth-order valence-corrected chi connectivity index (χ4v) is 2.55. The van der Waals surface area contributed by atoms with Crippen LogP contribution in [0.3, 0.4) is 0 Å². The molecule has 1 atom stereocenters. The number of fused-ring (bicyclic) bond motifs is 1. The first-order valence-corrected chi connectivity index (χ1v) is 7.22. The van der Waals surface area contributed by atoms with Crippen molar-refractivity contribution in [2.45, 2.75) is 25.3 Å². The van der Waals surface area contributed by atoms with Gasteiger partial charge in [-0.05, 0) is 25.0 Å². The van der Waals surface area contributed by atoms with E-state index in [1.807, 2.05) is 12.1 Å². The van der Waals surface area contributed by atoms with Crippen molar-refractivity contribution in [1.82, 2.24) is 5.32 Å². The fraction of sp³-hybridized carbons (Fsp3) is 0.500. The number of halogens is 1. The van der Waals surface area contributed by atoms with Crippen LogP contribution in [0.2, 0.25) is 0 Å². The molecule has 0 spiro atoms. The monoisotopic (exact) mass is 327 g/mol. The second-order valence-electron chi connectivity index (χ2n) is 4.51. The molecular weight excluding hydrogens is 310 g/mol. The molecular formula is C14H18BrNO3. The zero-order chi connectivity index (χ0) is 13.7. The van der Waals surface area contributed by atoms with Gasteiger partial charge in [0.05, 0.1) is 20.1 Å². The molecule has 1 unspecified atom stereocenters. The van der Waals surface area contributed by atoms with Gasteiger partial charge in [0.25, 0.3) is 0 Å². The summed E-state index contributed by atoms with van der Waals surface area (Å²) in [6, 6.07) is 6.31. The maximum absolute atomic E-state index is 11.1. The maximum Gasteiger partial charge on any atom is 0.306 e. The van der Waals surface area contributed by atoms with Gasteiger partial charge in [-0.1, -0.05) is 22.0 Å². The molecule has 0 amide bonds. The van der Waals surface area contributed by atoms with E-state index in [4.69, 9.17) is 4.74 Å². The van der Waals surface area contributed by atoms with Gasteiger partial charge in [0, 0.05) is 22.6 Å². The Balaban J connectivity index is 2.03. The maximum atomic E-state index is 11.1. The van der Waals surface area contributed by atoms with E-state index in [1.54, 1.807) is 0 Å². The van der Waals surface area contributed by atoms with Crippen molar-refractivity contribution in [3.8, 4) is 5.75 Å². The molecule has 1 aliphatic rings. The van der Waals surface area contributed by atoms with E-state index in [0.717, 1.165) is 35.2 Å². The summed E-state index contributed by atoms with van der Waals surface area (Å²) < 4.78 is 11.4. The minimum Gasteiger partial charge on any atom is -0.493 e. The third kappa shape index (κ3) is 3.94. The molecule has 1 N–H and O–H groups in total. The van der Waals surface area contributed by atoms with Crippen LogP contribution in [0, 0.1) is 0 Å². The molecule has 104 valence electrons. The zero-order valence-corrected chi connectivity index (χ0v) is 12.5. The van der Waals surface area contributed by atoms with Gasteiger partial charge in [0.2, 0.25) is 0 Å². The average Bonchev–Trinajstić information content (AvgIpc) is 2.60. The van der Waals surface area contributed by atoms with Gasteiger partial charge in [-0.3, -0.25) is 4.79 Å². The molecule has 0 saturated carbocycles. The van der Waals surface area contributed by atoms with Gasteiger partial charge in [-0.2, -0.15) is 0 Å². The van der Waals surface area contributed by atoms with E-state index >= 15 is 0 Å². The molecule has 0 saturated heterocycles. The Morgan fingerprint density at radius 2 is 2.42 bits per heavy atom. The average molecular weight is 328 g/mol. The van der Waals surface area contributed by atoms with Gasteiger partial charge < -0.3 is 14.8 Å². The number of ether oxygens (including phenoxy) is 2. The summed E-state index contributed by atoms with van der Waals surface area (Å²) in [5.41, 5.74) is 1.16. The summed E-state index contributed by atoms with van der Waals surface area (Å²) >= 11 is 3.46. The van der Waals surface area contributed by atoms with E-state index in [9.17, 15) is 4.79 Å². The predicted molar refractivity (Wildman–Crippen MR) is 76.2 cm³/mol. The van der Waals surface area contributed by atoms with Crippen molar-refractivity contribution >= 4 is 21.9 Å². The highest BCUT2D eigenvalue weighted by Crippen LogP contribution is 2.33. The Labute approximate surface area is 121 Å². The van der Waals surface area contributed by atoms with Crippen molar-refractivity contribution in [2.24, 2.45) is 0 Å². The largest absolute Gasteiger partial charge is 0.493 e. The number of hydrogen-bond donors (Lipinski definition) is 1. The SMILES string of the molecule is COC(=O)CCNC1CCCOc2cc(Br)ccc21. The summed E-state index contributed by atoms with van der Waals surface area (Å²) in [6.07, 6.45) is 2.40. The van der Waals surface area contributed by atoms with Crippen LogP contribution in [0.4, 0.5) is 0 Å². The molecule has 0 bridgehead atoms. The third-order valence-corrected chi connectivity index (χ3v) is 3.69. The van der Waals surface area contributed by atoms with Crippen LogP contribution in [0.15, 0.2) is 22.7 Å². The summed E-state index contributed by atoms with van der Waals surface area (Å²) in [7, 11) is 1.41. The first kappa shape index (κ1) is 14.3.